The van der Waals surface area contributed by atoms with E-state index in [1.54, 1.807) is 0 Å². The Balaban J connectivity index is 2.56. The van der Waals surface area contributed by atoms with E-state index in [2.05, 4.69) is 17.3 Å². The maximum Gasteiger partial charge on any atom is 0.0921 e. The van der Waals surface area contributed by atoms with E-state index in [4.69, 9.17) is 0 Å². The van der Waals surface area contributed by atoms with Gasteiger partial charge in [0.2, 0.25) is 0 Å². The zero-order valence-electron chi connectivity index (χ0n) is 9.23. The Labute approximate surface area is 90.2 Å². The largest absolute Gasteiger partial charge is 0.605 e. The van der Waals surface area contributed by atoms with Gasteiger partial charge in [-0.15, -0.1) is 5.11 Å². The Morgan fingerprint density at radius 1 is 1.27 bits per heavy atom. The molecule has 0 saturated heterocycles. The van der Waals surface area contributed by atoms with Gasteiger partial charge in [0.05, 0.1) is 12.7 Å². The van der Waals surface area contributed by atoms with Crippen molar-refractivity contribution in [3.8, 4) is 0 Å². The maximum absolute atomic E-state index is 10.6. The number of hydroxylamine groups is 1. The van der Waals surface area contributed by atoms with Crippen molar-refractivity contribution < 1.29 is 5.17 Å². The summed E-state index contributed by atoms with van der Waals surface area (Å²) in [5.74, 6) is 0. The second-order valence-electron chi connectivity index (χ2n) is 3.49. The highest BCUT2D eigenvalue weighted by Crippen LogP contribution is 2.14. The molecule has 0 heterocycles. The number of benzene rings is 1. The van der Waals surface area contributed by atoms with Crippen LogP contribution in [-0.2, 0) is 6.42 Å². The molecule has 1 rings (SSSR count). The Morgan fingerprint density at radius 3 is 2.47 bits per heavy atom. The van der Waals surface area contributed by atoms with Crippen LogP contribution in [0.5, 0.6) is 0 Å². The average Bonchev–Trinajstić information content (AvgIpc) is 2.25. The zero-order chi connectivity index (χ0) is 11.1. The first-order chi connectivity index (χ1) is 7.22. The molecule has 1 unspecified atom stereocenters. The van der Waals surface area contributed by atoms with Gasteiger partial charge in [0.15, 0.2) is 0 Å². The third-order valence-corrected chi connectivity index (χ3v) is 2.06. The molecule has 4 heteroatoms. The van der Waals surface area contributed by atoms with Crippen LogP contribution in [0.4, 0.5) is 5.69 Å². The number of nitrogens with zero attached hydrogens (tertiary/aromatic N) is 2. The van der Waals surface area contributed by atoms with Crippen LogP contribution in [0.15, 0.2) is 34.6 Å². The number of unbranched alkanes of at least 4 members (excludes halogenated alkanes) is 1. The molecule has 0 aliphatic rings. The number of hydrogen-bond acceptors (Lipinski definition) is 3. The fourth-order valence-electron chi connectivity index (χ4n) is 1.24. The highest BCUT2D eigenvalue weighted by Gasteiger charge is 1.93. The highest BCUT2D eigenvalue weighted by molar-refractivity contribution is 5.37. The molecule has 1 N–H and O–H groups in total. The summed E-state index contributed by atoms with van der Waals surface area (Å²) in [7, 11) is 1.39. The van der Waals surface area contributed by atoms with Crippen LogP contribution in [0.2, 0.25) is 0 Å². The second-order valence-corrected chi connectivity index (χ2v) is 3.49. The topological polar surface area (TPSA) is 52.2 Å². The van der Waals surface area contributed by atoms with Gasteiger partial charge in [-0.2, -0.15) is 0 Å². The smallest absolute Gasteiger partial charge is 0.0921 e. The van der Waals surface area contributed by atoms with Crippen molar-refractivity contribution in [2.75, 3.05) is 7.05 Å². The first-order valence-electron chi connectivity index (χ1n) is 5.23. The molecule has 1 atom stereocenters. The van der Waals surface area contributed by atoms with E-state index in [0.29, 0.717) is 0 Å². The lowest BCUT2D eigenvalue weighted by atomic mass is 10.1. The molecule has 0 amide bonds. The molecule has 0 saturated carbocycles. The van der Waals surface area contributed by atoms with E-state index in [-0.39, 0.29) is 5.17 Å². The van der Waals surface area contributed by atoms with Crippen molar-refractivity contribution in [3.05, 3.63) is 35.0 Å². The number of rotatable bonds is 5. The number of quaternary nitrogens is 1. The molecule has 0 bridgehead atoms. The molecule has 0 aliphatic carbocycles. The number of hydrogen-bond donors (Lipinski definition) is 1. The van der Waals surface area contributed by atoms with Gasteiger partial charge in [0, 0.05) is 5.22 Å². The van der Waals surface area contributed by atoms with E-state index in [0.717, 1.165) is 12.1 Å². The van der Waals surface area contributed by atoms with Crippen LogP contribution in [-0.4, -0.2) is 7.05 Å². The van der Waals surface area contributed by atoms with Crippen LogP contribution in [0.3, 0.4) is 0 Å². The summed E-state index contributed by atoms with van der Waals surface area (Å²) in [5, 5.41) is 17.6. The van der Waals surface area contributed by atoms with Crippen LogP contribution < -0.4 is 5.17 Å². The van der Waals surface area contributed by atoms with Crippen LogP contribution in [0.25, 0.3) is 0 Å². The molecule has 0 radical (unpaired) electrons. The van der Waals surface area contributed by atoms with Gasteiger partial charge in [0.1, 0.15) is 0 Å². The standard InChI is InChI=1S/C11H17N3O/c1-3-4-5-10-6-8-11(9-7-10)12-13-14(2)15/h6-9,14H,3-5H2,1-2H3. The van der Waals surface area contributed by atoms with Gasteiger partial charge < -0.3 is 5.21 Å². The first kappa shape index (κ1) is 11.8. The molecular formula is C11H17N3O. The van der Waals surface area contributed by atoms with E-state index >= 15 is 0 Å². The summed E-state index contributed by atoms with van der Waals surface area (Å²) in [6.45, 7) is 2.18. The van der Waals surface area contributed by atoms with Crippen molar-refractivity contribution in [2.45, 2.75) is 26.2 Å². The summed E-state index contributed by atoms with van der Waals surface area (Å²) < 4.78 is 0. The lowest BCUT2D eigenvalue weighted by molar-refractivity contribution is -0.838. The number of nitrogens with one attached hydrogen (secondary N) is 1. The van der Waals surface area contributed by atoms with Crippen molar-refractivity contribution >= 4 is 5.69 Å². The van der Waals surface area contributed by atoms with E-state index in [9.17, 15) is 5.21 Å². The van der Waals surface area contributed by atoms with Crippen molar-refractivity contribution in [3.63, 3.8) is 0 Å². The monoisotopic (exact) mass is 207 g/mol. The zero-order valence-corrected chi connectivity index (χ0v) is 9.23. The predicted molar refractivity (Wildman–Crippen MR) is 59.8 cm³/mol. The Bertz CT molecular complexity index is 306. The van der Waals surface area contributed by atoms with Crippen molar-refractivity contribution in [1.29, 1.82) is 0 Å². The lowest BCUT2D eigenvalue weighted by Crippen LogP contribution is -2.98. The van der Waals surface area contributed by atoms with E-state index in [1.807, 2.05) is 24.3 Å². The van der Waals surface area contributed by atoms with E-state index < -0.39 is 0 Å². The van der Waals surface area contributed by atoms with Gasteiger partial charge in [-0.05, 0) is 30.5 Å². The van der Waals surface area contributed by atoms with Crippen LogP contribution in [0.1, 0.15) is 25.3 Å². The van der Waals surface area contributed by atoms with Gasteiger partial charge in [-0.25, -0.2) is 5.17 Å². The molecule has 0 fully saturated rings. The third-order valence-electron chi connectivity index (χ3n) is 2.06. The van der Waals surface area contributed by atoms with Crippen LogP contribution >= 0.6 is 0 Å². The molecular weight excluding hydrogens is 190 g/mol. The van der Waals surface area contributed by atoms with Gasteiger partial charge >= 0.3 is 0 Å². The average molecular weight is 207 g/mol. The number of aryl methyl sites for hydroxylation is 1. The minimum atomic E-state index is -0.273. The Hall–Kier alpha value is -1.26. The maximum atomic E-state index is 10.6. The normalized spacial score (nSPS) is 13.3. The van der Waals surface area contributed by atoms with Gasteiger partial charge in [0.25, 0.3) is 0 Å². The first-order valence-corrected chi connectivity index (χ1v) is 5.23. The SMILES string of the molecule is CCCCc1ccc(N=N[NH+](C)[O-])cc1. The minimum Gasteiger partial charge on any atom is -0.605 e. The quantitative estimate of drug-likeness (QED) is 0.583. The predicted octanol–water partition coefficient (Wildman–Crippen LogP) is 2.04. The molecule has 82 valence electrons. The minimum absolute atomic E-state index is 0.273. The van der Waals surface area contributed by atoms with Gasteiger partial charge in [-0.1, -0.05) is 25.5 Å². The fraction of sp³-hybridized carbons (Fsp3) is 0.455. The summed E-state index contributed by atoms with van der Waals surface area (Å²) in [6, 6.07) is 7.84. The fourth-order valence-corrected chi connectivity index (χ4v) is 1.24. The molecule has 1 aromatic rings. The molecule has 0 aliphatic heterocycles. The molecule has 1 aromatic carbocycles. The highest BCUT2D eigenvalue weighted by atomic mass is 16.5. The van der Waals surface area contributed by atoms with Gasteiger partial charge in [-0.3, -0.25) is 0 Å². The summed E-state index contributed by atoms with van der Waals surface area (Å²) in [4.78, 5) is 0. The Kier molecular flexibility index (Phi) is 4.93. The van der Waals surface area contributed by atoms with Crippen LogP contribution in [0, 0.1) is 5.21 Å². The van der Waals surface area contributed by atoms with Crippen molar-refractivity contribution in [1.82, 2.24) is 0 Å². The second kappa shape index (κ2) is 6.27. The summed E-state index contributed by atoms with van der Waals surface area (Å²) >= 11 is 0. The molecule has 0 spiro atoms. The third kappa shape index (κ3) is 4.67. The summed E-state index contributed by atoms with van der Waals surface area (Å²) in [6.07, 6.45) is 3.50. The van der Waals surface area contributed by atoms with E-state index in [1.165, 1.54) is 25.5 Å². The molecule has 4 nitrogen and oxygen atoms in total. The van der Waals surface area contributed by atoms with Crippen molar-refractivity contribution in [2.24, 2.45) is 10.3 Å². The molecule has 0 aromatic heterocycles. The Morgan fingerprint density at radius 2 is 1.93 bits per heavy atom. The summed E-state index contributed by atoms with van der Waals surface area (Å²) in [5.41, 5.74) is 2.03. The lowest BCUT2D eigenvalue weighted by Gasteiger charge is -2.04. The molecule has 15 heavy (non-hydrogen) atoms.